The lowest BCUT2D eigenvalue weighted by Gasteiger charge is -2.13. The summed E-state index contributed by atoms with van der Waals surface area (Å²) < 4.78 is 62.8. The predicted octanol–water partition coefficient (Wildman–Crippen LogP) is 5.29. The van der Waals surface area contributed by atoms with Gasteiger partial charge in [0.15, 0.2) is 0 Å². The molecule has 1 amide bonds. The summed E-state index contributed by atoms with van der Waals surface area (Å²) in [6, 6.07) is 8.14. The number of halogens is 5. The fourth-order valence-corrected chi connectivity index (χ4v) is 2.90. The third-order valence-corrected chi connectivity index (χ3v) is 4.60. The molecule has 0 aliphatic heterocycles. The minimum atomic E-state index is -4.58. The zero-order chi connectivity index (χ0) is 24.7. The Morgan fingerprint density at radius 2 is 2.00 bits per heavy atom. The van der Waals surface area contributed by atoms with Gasteiger partial charge in [0.25, 0.3) is 0 Å². The highest BCUT2D eigenvalue weighted by molar-refractivity contribution is 6.30. The molecule has 178 valence electrons. The third kappa shape index (κ3) is 6.73. The van der Waals surface area contributed by atoms with Crippen molar-refractivity contribution in [1.29, 1.82) is 0 Å². The van der Waals surface area contributed by atoms with E-state index in [1.54, 1.807) is 0 Å². The molecule has 0 bridgehead atoms. The average Bonchev–Trinajstić information content (AvgIpc) is 3.29. The number of aromatic nitrogens is 2. The molecule has 6 nitrogen and oxygen atoms in total. The van der Waals surface area contributed by atoms with Crippen LogP contribution in [0.25, 0.3) is 11.4 Å². The first-order valence-electron chi connectivity index (χ1n) is 9.92. The first-order valence-corrected chi connectivity index (χ1v) is 10.3. The number of aromatic amines is 1. The molecule has 0 unspecified atom stereocenters. The van der Waals surface area contributed by atoms with E-state index in [9.17, 15) is 22.4 Å². The third-order valence-electron chi connectivity index (χ3n) is 4.31. The van der Waals surface area contributed by atoms with Crippen LogP contribution in [0.1, 0.15) is 18.2 Å². The Bertz CT molecular complexity index is 1230. The average molecular weight is 496 g/mol. The molecule has 2 N–H and O–H groups in total. The Morgan fingerprint density at radius 3 is 2.68 bits per heavy atom. The second-order valence-corrected chi connectivity index (χ2v) is 7.14. The number of nitrogens with one attached hydrogen (secondary N) is 2. The number of amides is 1. The van der Waals surface area contributed by atoms with Crippen LogP contribution in [0, 0.1) is 17.7 Å². The molecule has 3 aromatic rings. The maximum atomic E-state index is 13.3. The number of nitrogens with zero attached hydrogens (tertiary/aromatic N) is 1. The molecule has 11 heteroatoms. The van der Waals surface area contributed by atoms with Crippen LogP contribution in [0.15, 0.2) is 42.6 Å². The topological polar surface area (TPSA) is 76.2 Å². The number of hydrogen-bond donors (Lipinski definition) is 2. The first kappa shape index (κ1) is 25.1. The molecular formula is C23H18ClF4N3O3. The van der Waals surface area contributed by atoms with Crippen LogP contribution in [0.3, 0.4) is 0 Å². The molecule has 0 atom stereocenters. The van der Waals surface area contributed by atoms with E-state index in [0.29, 0.717) is 25.0 Å². The molecule has 1 aromatic heterocycles. The molecule has 0 aliphatic rings. The number of H-pyrrole nitrogens is 1. The molecule has 0 aliphatic carbocycles. The highest BCUT2D eigenvalue weighted by Gasteiger charge is 2.33. The van der Waals surface area contributed by atoms with Gasteiger partial charge in [0, 0.05) is 23.7 Å². The van der Waals surface area contributed by atoms with Crippen molar-refractivity contribution in [2.24, 2.45) is 0 Å². The smallest absolute Gasteiger partial charge is 0.432 e. The van der Waals surface area contributed by atoms with Crippen molar-refractivity contribution in [3.63, 3.8) is 0 Å². The van der Waals surface area contributed by atoms with Crippen LogP contribution in [0.4, 0.5) is 23.2 Å². The summed E-state index contributed by atoms with van der Waals surface area (Å²) in [6.07, 6.45) is -3.90. The van der Waals surface area contributed by atoms with Crippen molar-refractivity contribution in [3.05, 3.63) is 64.7 Å². The number of carbonyl (C=O) groups excluding carboxylic acids is 1. The summed E-state index contributed by atoms with van der Waals surface area (Å²) in [6.45, 7) is 2.79. The van der Waals surface area contributed by atoms with Gasteiger partial charge in [-0.15, -0.1) is 0 Å². The Labute approximate surface area is 197 Å². The number of alkyl halides is 3. The van der Waals surface area contributed by atoms with Crippen LogP contribution in [-0.4, -0.2) is 35.7 Å². The monoisotopic (exact) mass is 495 g/mol. The number of imidazole rings is 1. The molecule has 0 spiro atoms. The number of carbonyl (C=O) groups is 1. The summed E-state index contributed by atoms with van der Waals surface area (Å²) in [5.74, 6) is 3.77. The van der Waals surface area contributed by atoms with E-state index in [0.717, 1.165) is 6.07 Å². The van der Waals surface area contributed by atoms with E-state index in [2.05, 4.69) is 27.1 Å². The Kier molecular flexibility index (Phi) is 8.15. The maximum Gasteiger partial charge on any atom is 0.432 e. The number of ether oxygens (including phenoxy) is 2. The second-order valence-electron chi connectivity index (χ2n) is 6.73. The molecule has 0 radical (unpaired) electrons. The van der Waals surface area contributed by atoms with E-state index in [1.165, 1.54) is 30.3 Å². The minimum Gasteiger partial charge on any atom is -0.489 e. The highest BCUT2D eigenvalue weighted by Crippen LogP contribution is 2.32. The van der Waals surface area contributed by atoms with Crippen LogP contribution in [0.5, 0.6) is 5.75 Å². The quantitative estimate of drug-likeness (QED) is 0.265. The molecule has 0 saturated carbocycles. The SMILES string of the molecule is CCOCCOc1ccc(-c2ncc(C(F)(F)F)[nH]2)cc1NC(=O)C#Cc1ccc(F)c(Cl)c1. The zero-order valence-corrected chi connectivity index (χ0v) is 18.5. The molecule has 1 heterocycles. The van der Waals surface area contributed by atoms with Crippen LogP contribution in [-0.2, 0) is 15.7 Å². The Hall–Kier alpha value is -3.55. The van der Waals surface area contributed by atoms with Gasteiger partial charge in [-0.05, 0) is 43.3 Å². The van der Waals surface area contributed by atoms with E-state index < -0.39 is 23.6 Å². The highest BCUT2D eigenvalue weighted by atomic mass is 35.5. The second kappa shape index (κ2) is 11.0. The normalized spacial score (nSPS) is 11.0. The molecule has 34 heavy (non-hydrogen) atoms. The first-order chi connectivity index (χ1) is 16.2. The van der Waals surface area contributed by atoms with Gasteiger partial charge < -0.3 is 19.8 Å². The summed E-state index contributed by atoms with van der Waals surface area (Å²) in [4.78, 5) is 18.4. The summed E-state index contributed by atoms with van der Waals surface area (Å²) in [7, 11) is 0. The van der Waals surface area contributed by atoms with E-state index >= 15 is 0 Å². The predicted molar refractivity (Wildman–Crippen MR) is 118 cm³/mol. The number of anilines is 1. The Morgan fingerprint density at radius 1 is 1.21 bits per heavy atom. The van der Waals surface area contributed by atoms with Crippen molar-refractivity contribution >= 4 is 23.2 Å². The lowest BCUT2D eigenvalue weighted by atomic mass is 10.1. The van der Waals surface area contributed by atoms with Crippen LogP contribution in [0.2, 0.25) is 5.02 Å². The van der Waals surface area contributed by atoms with E-state index in [1.807, 2.05) is 6.92 Å². The van der Waals surface area contributed by atoms with Gasteiger partial charge in [-0.3, -0.25) is 4.79 Å². The molecule has 0 fully saturated rings. The van der Waals surface area contributed by atoms with Crippen molar-refractivity contribution < 1.29 is 31.8 Å². The zero-order valence-electron chi connectivity index (χ0n) is 17.7. The summed E-state index contributed by atoms with van der Waals surface area (Å²) in [5, 5.41) is 2.41. The fourth-order valence-electron chi connectivity index (χ4n) is 2.72. The van der Waals surface area contributed by atoms with Crippen molar-refractivity contribution in [2.45, 2.75) is 13.1 Å². The van der Waals surface area contributed by atoms with E-state index in [-0.39, 0.29) is 34.5 Å². The van der Waals surface area contributed by atoms with Gasteiger partial charge in [0.2, 0.25) is 0 Å². The Balaban J connectivity index is 1.85. The lowest BCUT2D eigenvalue weighted by molar-refractivity contribution is -0.140. The van der Waals surface area contributed by atoms with Crippen LogP contribution >= 0.6 is 11.6 Å². The number of benzene rings is 2. The van der Waals surface area contributed by atoms with E-state index in [4.69, 9.17) is 21.1 Å². The van der Waals surface area contributed by atoms with Gasteiger partial charge in [-0.1, -0.05) is 17.5 Å². The van der Waals surface area contributed by atoms with Crippen molar-refractivity contribution in [3.8, 4) is 29.0 Å². The van der Waals surface area contributed by atoms with Gasteiger partial charge in [0.05, 0.1) is 23.5 Å². The summed E-state index contributed by atoms with van der Waals surface area (Å²) >= 11 is 5.71. The lowest BCUT2D eigenvalue weighted by Crippen LogP contribution is -2.12. The summed E-state index contributed by atoms with van der Waals surface area (Å²) in [5.41, 5.74) is -0.246. The van der Waals surface area contributed by atoms with Crippen molar-refractivity contribution in [2.75, 3.05) is 25.1 Å². The molecule has 3 rings (SSSR count). The van der Waals surface area contributed by atoms with Crippen LogP contribution < -0.4 is 10.1 Å². The number of hydrogen-bond acceptors (Lipinski definition) is 4. The molecule has 0 saturated heterocycles. The standard InChI is InChI=1S/C23H18ClF4N3O3/c1-2-33-9-10-34-19-7-5-15(22-29-13-20(31-22)23(26,27)28)12-18(19)30-21(32)8-4-14-3-6-17(25)16(24)11-14/h3,5-7,11-13H,2,9-10H2,1H3,(H,29,31)(H,30,32). The fraction of sp³-hybridized carbons (Fsp3) is 0.217. The van der Waals surface area contributed by atoms with Gasteiger partial charge in [-0.2, -0.15) is 13.2 Å². The largest absolute Gasteiger partial charge is 0.489 e. The molecule has 2 aromatic carbocycles. The minimum absolute atomic E-state index is 0.0456. The molecular weight excluding hydrogens is 478 g/mol. The van der Waals surface area contributed by atoms with Gasteiger partial charge in [0.1, 0.15) is 29.7 Å². The van der Waals surface area contributed by atoms with Crippen molar-refractivity contribution in [1.82, 2.24) is 9.97 Å². The van der Waals surface area contributed by atoms with Gasteiger partial charge in [-0.25, -0.2) is 9.37 Å². The maximum absolute atomic E-state index is 13.3. The van der Waals surface area contributed by atoms with Gasteiger partial charge >= 0.3 is 12.1 Å². The number of rotatable bonds is 7.